The van der Waals surface area contributed by atoms with Crippen LogP contribution in [0, 0.1) is 0 Å². The van der Waals surface area contributed by atoms with Gasteiger partial charge in [-0.1, -0.05) is 0 Å². The summed E-state index contributed by atoms with van der Waals surface area (Å²) in [6.45, 7) is 5.03. The molecule has 0 atom stereocenters. The lowest BCUT2D eigenvalue weighted by molar-refractivity contribution is -0.149. The van der Waals surface area contributed by atoms with Gasteiger partial charge < -0.3 is 38.1 Å². The Balaban J connectivity index is -0.0000000439. The summed E-state index contributed by atoms with van der Waals surface area (Å²) >= 11 is 0. The maximum absolute atomic E-state index is 10.1. The Labute approximate surface area is 123 Å². The van der Waals surface area contributed by atoms with Crippen LogP contribution in [0.5, 0.6) is 0 Å². The van der Waals surface area contributed by atoms with Crippen molar-refractivity contribution in [3.8, 4) is 0 Å². The molecule has 0 saturated carbocycles. The van der Waals surface area contributed by atoms with E-state index in [-0.39, 0.29) is 43.6 Å². The van der Waals surface area contributed by atoms with Crippen molar-refractivity contribution in [2.75, 3.05) is 13.2 Å². The molecule has 130 valence electrons. The van der Waals surface area contributed by atoms with Gasteiger partial charge in [-0.15, -0.1) is 0 Å². The summed E-state index contributed by atoms with van der Waals surface area (Å²) in [6, 6.07) is 0. The van der Waals surface area contributed by atoms with E-state index in [2.05, 4.69) is 9.47 Å². The fourth-order valence-electron chi connectivity index (χ4n) is 0.371. The lowest BCUT2D eigenvalue weighted by Gasteiger charge is -2.00. The molecule has 0 aliphatic carbocycles. The number of carboxylic acid groups (broad SMARTS) is 2. The molecule has 0 unspecified atom stereocenters. The molecule has 0 bridgehead atoms. The van der Waals surface area contributed by atoms with E-state index >= 15 is 0 Å². The van der Waals surface area contributed by atoms with Crippen molar-refractivity contribution in [2.45, 2.75) is 27.7 Å². The summed E-state index contributed by atoms with van der Waals surface area (Å²) < 4.78 is 8.95. The van der Waals surface area contributed by atoms with Gasteiger partial charge in [-0.3, -0.25) is 19.2 Å². The number of esters is 2. The molecular weight excluding hydrogens is 290 g/mol. The molecular formula is C10H27N3O8. The predicted molar refractivity (Wildman–Crippen MR) is 75.0 cm³/mol. The lowest BCUT2D eigenvalue weighted by Crippen LogP contribution is -2.09. The smallest absolute Gasteiger partial charge is 0.302 e. The van der Waals surface area contributed by atoms with Crippen molar-refractivity contribution in [1.29, 1.82) is 0 Å². The van der Waals surface area contributed by atoms with E-state index in [1.807, 2.05) is 0 Å². The van der Waals surface area contributed by atoms with E-state index < -0.39 is 11.9 Å². The molecule has 11 nitrogen and oxygen atoms in total. The number of carbonyl (C=O) groups is 4. The van der Waals surface area contributed by atoms with Crippen molar-refractivity contribution < 1.29 is 38.9 Å². The average molecular weight is 317 g/mol. The Morgan fingerprint density at radius 2 is 0.810 bits per heavy atom. The highest BCUT2D eigenvalue weighted by molar-refractivity contribution is 5.66. The quantitative estimate of drug-likeness (QED) is 0.360. The summed E-state index contributed by atoms with van der Waals surface area (Å²) in [5.41, 5.74) is 0. The first kappa shape index (κ1) is 36.3. The van der Waals surface area contributed by atoms with Crippen molar-refractivity contribution in [1.82, 2.24) is 18.5 Å². The molecule has 0 fully saturated rings. The maximum atomic E-state index is 10.1. The van der Waals surface area contributed by atoms with Crippen LogP contribution in [0.2, 0.25) is 0 Å². The zero-order chi connectivity index (χ0) is 15.1. The molecule has 0 rings (SSSR count). The normalized spacial score (nSPS) is 6.48. The second-order valence-electron chi connectivity index (χ2n) is 2.72. The van der Waals surface area contributed by atoms with Gasteiger partial charge in [0.1, 0.15) is 13.2 Å². The fourth-order valence-corrected chi connectivity index (χ4v) is 0.371. The minimum atomic E-state index is -0.833. The summed E-state index contributed by atoms with van der Waals surface area (Å²) in [5, 5.41) is 14.8. The maximum Gasteiger partial charge on any atom is 0.302 e. The highest BCUT2D eigenvalue weighted by Crippen LogP contribution is 1.79. The molecule has 0 aliphatic rings. The van der Waals surface area contributed by atoms with Gasteiger partial charge in [0.2, 0.25) is 0 Å². The molecule has 0 amide bonds. The number of hydrogen-bond acceptors (Lipinski definition) is 9. The van der Waals surface area contributed by atoms with E-state index in [0.717, 1.165) is 13.8 Å². The number of carboxylic acids is 2. The number of hydrogen-bond donors (Lipinski definition) is 5. The Morgan fingerprint density at radius 1 is 0.667 bits per heavy atom. The second-order valence-corrected chi connectivity index (χ2v) is 2.72. The first-order valence-electron chi connectivity index (χ1n) is 4.75. The molecule has 0 saturated heterocycles. The Bertz CT molecular complexity index is 247. The van der Waals surface area contributed by atoms with Crippen LogP contribution in [0.15, 0.2) is 0 Å². The Hall–Kier alpha value is -2.24. The molecule has 11 N–H and O–H groups in total. The van der Waals surface area contributed by atoms with E-state index in [4.69, 9.17) is 19.8 Å². The van der Waals surface area contributed by atoms with Crippen molar-refractivity contribution in [2.24, 2.45) is 0 Å². The average Bonchev–Trinajstić information content (AvgIpc) is 2.09. The number of ether oxygens (including phenoxy) is 2. The summed E-state index contributed by atoms with van der Waals surface area (Å²) in [4.78, 5) is 38.3. The number of rotatable bonds is 3. The number of aliphatic carboxylic acids is 2. The zero-order valence-electron chi connectivity index (χ0n) is 12.9. The highest BCUT2D eigenvalue weighted by atomic mass is 16.6. The molecule has 21 heavy (non-hydrogen) atoms. The standard InChI is InChI=1S/C6H10O4.2C2H4O2.3H3N/c1-5(7)9-3-4-10-6(2)8;2*1-2(3)4;;;/h3-4H2,1-2H3;2*1H3,(H,3,4);3*1H3. The molecule has 0 aromatic rings. The van der Waals surface area contributed by atoms with Crippen LogP contribution in [0.3, 0.4) is 0 Å². The van der Waals surface area contributed by atoms with Gasteiger partial charge >= 0.3 is 11.9 Å². The van der Waals surface area contributed by atoms with Crippen LogP contribution in [0.1, 0.15) is 27.7 Å². The summed E-state index contributed by atoms with van der Waals surface area (Å²) in [6.07, 6.45) is 0. The minimum absolute atomic E-state index is 0. The van der Waals surface area contributed by atoms with E-state index in [0.29, 0.717) is 0 Å². The van der Waals surface area contributed by atoms with Gasteiger partial charge in [0.05, 0.1) is 0 Å². The third-order valence-electron chi connectivity index (χ3n) is 0.694. The van der Waals surface area contributed by atoms with Crippen LogP contribution >= 0.6 is 0 Å². The third-order valence-corrected chi connectivity index (χ3v) is 0.694. The minimum Gasteiger partial charge on any atom is -0.481 e. The second kappa shape index (κ2) is 26.3. The van der Waals surface area contributed by atoms with Crippen molar-refractivity contribution >= 4 is 23.9 Å². The summed E-state index contributed by atoms with van der Waals surface area (Å²) in [7, 11) is 0. The predicted octanol–water partition coefficient (Wildman–Crippen LogP) is 0.780. The largest absolute Gasteiger partial charge is 0.481 e. The molecule has 0 spiro atoms. The SMILES string of the molecule is CC(=O)O.CC(=O)O.CC(=O)OCCOC(C)=O.N.N.N. The van der Waals surface area contributed by atoms with Crippen LogP contribution in [-0.2, 0) is 28.7 Å². The first-order valence-corrected chi connectivity index (χ1v) is 4.75. The molecule has 11 heteroatoms. The van der Waals surface area contributed by atoms with Gasteiger partial charge in [0.25, 0.3) is 11.9 Å². The van der Waals surface area contributed by atoms with E-state index in [9.17, 15) is 9.59 Å². The van der Waals surface area contributed by atoms with Crippen molar-refractivity contribution in [3.05, 3.63) is 0 Å². The first-order chi connectivity index (χ1) is 8.09. The van der Waals surface area contributed by atoms with Crippen LogP contribution in [0.4, 0.5) is 0 Å². The monoisotopic (exact) mass is 317 g/mol. The highest BCUT2D eigenvalue weighted by Gasteiger charge is 1.94. The Kier molecular flexibility index (Phi) is 45.6. The van der Waals surface area contributed by atoms with Crippen LogP contribution in [-0.4, -0.2) is 47.3 Å². The van der Waals surface area contributed by atoms with Crippen LogP contribution < -0.4 is 18.5 Å². The molecule has 0 aromatic heterocycles. The molecule has 0 heterocycles. The third kappa shape index (κ3) is 195. The molecule has 0 aliphatic heterocycles. The zero-order valence-corrected chi connectivity index (χ0v) is 12.9. The van der Waals surface area contributed by atoms with Gasteiger partial charge in [0.15, 0.2) is 0 Å². The molecule has 0 aromatic carbocycles. The van der Waals surface area contributed by atoms with Gasteiger partial charge in [-0.25, -0.2) is 0 Å². The number of carbonyl (C=O) groups excluding carboxylic acids is 2. The van der Waals surface area contributed by atoms with E-state index in [1.54, 1.807) is 0 Å². The van der Waals surface area contributed by atoms with E-state index in [1.165, 1.54) is 13.8 Å². The summed E-state index contributed by atoms with van der Waals surface area (Å²) in [5.74, 6) is -2.40. The van der Waals surface area contributed by atoms with Gasteiger partial charge in [0, 0.05) is 27.7 Å². The lowest BCUT2D eigenvalue weighted by atomic mass is 10.7. The van der Waals surface area contributed by atoms with Crippen molar-refractivity contribution in [3.63, 3.8) is 0 Å². The Morgan fingerprint density at radius 3 is 0.905 bits per heavy atom. The topological polar surface area (TPSA) is 232 Å². The van der Waals surface area contributed by atoms with Gasteiger partial charge in [-0.2, -0.15) is 0 Å². The fraction of sp³-hybridized carbons (Fsp3) is 0.600. The molecule has 0 radical (unpaired) electrons. The van der Waals surface area contributed by atoms with Gasteiger partial charge in [-0.05, 0) is 0 Å². The van der Waals surface area contributed by atoms with Crippen LogP contribution in [0.25, 0.3) is 0 Å².